The maximum absolute atomic E-state index is 11.8. The van der Waals surface area contributed by atoms with Gasteiger partial charge in [-0.25, -0.2) is 0 Å². The summed E-state index contributed by atoms with van der Waals surface area (Å²) in [6, 6.07) is 5.19. The fourth-order valence-corrected chi connectivity index (χ4v) is 1.38. The molecule has 0 aliphatic heterocycles. The second kappa shape index (κ2) is 6.06. The van der Waals surface area contributed by atoms with E-state index in [1.54, 1.807) is 19.1 Å². The summed E-state index contributed by atoms with van der Waals surface area (Å²) in [4.78, 5) is 0. The second-order valence-corrected chi connectivity index (χ2v) is 4.04. The zero-order chi connectivity index (χ0) is 13.8. The van der Waals surface area contributed by atoms with Crippen LogP contribution in [0, 0.1) is 6.92 Å². The van der Waals surface area contributed by atoms with Crippen LogP contribution in [0.1, 0.15) is 24.1 Å². The van der Waals surface area contributed by atoms with E-state index in [0.29, 0.717) is 5.75 Å². The van der Waals surface area contributed by atoms with Gasteiger partial charge in [0.05, 0.1) is 0 Å². The van der Waals surface area contributed by atoms with Crippen LogP contribution in [-0.2, 0) is 4.74 Å². The Bertz CT molecular complexity index is 391. The molecule has 1 aromatic rings. The quantitative estimate of drug-likeness (QED) is 0.656. The average molecular weight is 263 g/mol. The van der Waals surface area contributed by atoms with E-state index < -0.39 is 19.6 Å². The Morgan fingerprint density at radius 2 is 2.00 bits per heavy atom. The average Bonchev–Trinajstić information content (AvgIpc) is 2.24. The third-order valence-electron chi connectivity index (χ3n) is 2.29. The zero-order valence-electron chi connectivity index (χ0n) is 10.3. The van der Waals surface area contributed by atoms with Crippen molar-refractivity contribution in [3.05, 3.63) is 29.3 Å². The van der Waals surface area contributed by atoms with Crippen molar-refractivity contribution in [3.63, 3.8) is 0 Å². The molecule has 102 valence electrons. The largest absolute Gasteiger partial charge is 0.467 e. The number of rotatable bonds is 5. The number of alkyl halides is 3. The molecule has 0 spiro atoms. The molecule has 2 N–H and O–H groups in total. The van der Waals surface area contributed by atoms with Crippen molar-refractivity contribution in [1.29, 1.82) is 0 Å². The number of hydrogen-bond acceptors (Lipinski definition) is 3. The van der Waals surface area contributed by atoms with Crippen LogP contribution in [0.15, 0.2) is 18.2 Å². The highest BCUT2D eigenvalue weighted by molar-refractivity contribution is 5.37. The van der Waals surface area contributed by atoms with Crippen molar-refractivity contribution in [2.45, 2.75) is 26.1 Å². The molecule has 0 radical (unpaired) electrons. The Labute approximate surface area is 104 Å². The molecule has 1 unspecified atom stereocenters. The van der Waals surface area contributed by atoms with Gasteiger partial charge in [0.2, 0.25) is 0 Å². The van der Waals surface area contributed by atoms with Crippen LogP contribution in [-0.4, -0.2) is 19.6 Å². The van der Waals surface area contributed by atoms with E-state index in [0.717, 1.165) is 11.1 Å². The third-order valence-corrected chi connectivity index (χ3v) is 2.29. The van der Waals surface area contributed by atoms with Crippen molar-refractivity contribution in [2.24, 2.45) is 5.73 Å². The number of benzene rings is 1. The van der Waals surface area contributed by atoms with E-state index in [1.807, 2.05) is 13.0 Å². The van der Waals surface area contributed by atoms with Gasteiger partial charge in [0, 0.05) is 6.04 Å². The molecule has 18 heavy (non-hydrogen) atoms. The molecule has 6 heteroatoms. The first-order valence-electron chi connectivity index (χ1n) is 5.43. The SMILES string of the molecule is Cc1cc(C(C)N)ccc1OCOCC(F)(F)F. The fourth-order valence-electron chi connectivity index (χ4n) is 1.38. The molecule has 0 aliphatic carbocycles. The van der Waals surface area contributed by atoms with Crippen molar-refractivity contribution in [3.8, 4) is 5.75 Å². The standard InChI is InChI=1S/C12H16F3NO2/c1-8-5-10(9(2)16)3-4-11(8)18-7-17-6-12(13,14)15/h3-5,9H,6-7,16H2,1-2H3. The lowest BCUT2D eigenvalue weighted by Gasteiger charge is -2.13. The van der Waals surface area contributed by atoms with E-state index in [2.05, 4.69) is 4.74 Å². The van der Waals surface area contributed by atoms with Crippen LogP contribution in [0.5, 0.6) is 5.75 Å². The predicted octanol–water partition coefficient (Wildman–Crippen LogP) is 2.93. The molecule has 1 rings (SSSR count). The predicted molar refractivity (Wildman–Crippen MR) is 61.3 cm³/mol. The molecular formula is C12H16F3NO2. The maximum atomic E-state index is 11.8. The number of halogens is 3. The van der Waals surface area contributed by atoms with Gasteiger partial charge in [0.25, 0.3) is 0 Å². The van der Waals surface area contributed by atoms with Gasteiger partial charge in [-0.05, 0) is 31.0 Å². The van der Waals surface area contributed by atoms with E-state index in [4.69, 9.17) is 10.5 Å². The van der Waals surface area contributed by atoms with E-state index in [1.165, 1.54) is 0 Å². The first kappa shape index (κ1) is 14.8. The van der Waals surface area contributed by atoms with Gasteiger partial charge in [-0.2, -0.15) is 13.2 Å². The Balaban J connectivity index is 2.48. The van der Waals surface area contributed by atoms with E-state index in [9.17, 15) is 13.2 Å². The van der Waals surface area contributed by atoms with Gasteiger partial charge in [0.1, 0.15) is 12.4 Å². The summed E-state index contributed by atoms with van der Waals surface area (Å²) < 4.78 is 44.9. The van der Waals surface area contributed by atoms with E-state index >= 15 is 0 Å². The highest BCUT2D eigenvalue weighted by Crippen LogP contribution is 2.22. The van der Waals surface area contributed by atoms with Crippen LogP contribution in [0.25, 0.3) is 0 Å². The first-order chi connectivity index (χ1) is 8.29. The van der Waals surface area contributed by atoms with Gasteiger partial charge in [-0.3, -0.25) is 0 Å². The first-order valence-corrected chi connectivity index (χ1v) is 5.43. The monoisotopic (exact) mass is 263 g/mol. The number of hydrogen-bond donors (Lipinski definition) is 1. The lowest BCUT2D eigenvalue weighted by molar-refractivity contribution is -0.186. The van der Waals surface area contributed by atoms with Crippen molar-refractivity contribution in [1.82, 2.24) is 0 Å². The lowest BCUT2D eigenvalue weighted by atomic mass is 10.1. The van der Waals surface area contributed by atoms with Gasteiger partial charge < -0.3 is 15.2 Å². The molecule has 0 aromatic heterocycles. The summed E-state index contributed by atoms with van der Waals surface area (Å²) in [5.74, 6) is 0.488. The lowest BCUT2D eigenvalue weighted by Crippen LogP contribution is -2.19. The summed E-state index contributed by atoms with van der Waals surface area (Å²) in [5, 5.41) is 0. The van der Waals surface area contributed by atoms with Gasteiger partial charge in [-0.15, -0.1) is 0 Å². The van der Waals surface area contributed by atoms with Crippen LogP contribution in [0.4, 0.5) is 13.2 Å². The second-order valence-electron chi connectivity index (χ2n) is 4.04. The Morgan fingerprint density at radius 3 is 2.50 bits per heavy atom. The molecule has 1 aromatic carbocycles. The zero-order valence-corrected chi connectivity index (χ0v) is 10.3. The molecule has 1 atom stereocenters. The minimum Gasteiger partial charge on any atom is -0.467 e. The summed E-state index contributed by atoms with van der Waals surface area (Å²) >= 11 is 0. The molecular weight excluding hydrogens is 247 g/mol. The van der Waals surface area contributed by atoms with Crippen LogP contribution in [0.2, 0.25) is 0 Å². The number of nitrogens with two attached hydrogens (primary N) is 1. The van der Waals surface area contributed by atoms with Gasteiger partial charge in [-0.1, -0.05) is 12.1 Å². The normalized spacial score (nSPS) is 13.4. The molecule has 3 nitrogen and oxygen atoms in total. The van der Waals surface area contributed by atoms with Gasteiger partial charge >= 0.3 is 6.18 Å². The molecule has 0 saturated heterocycles. The molecule has 0 heterocycles. The maximum Gasteiger partial charge on any atom is 0.411 e. The summed E-state index contributed by atoms with van der Waals surface area (Å²) in [5.41, 5.74) is 7.46. The summed E-state index contributed by atoms with van der Waals surface area (Å²) in [6.07, 6.45) is -4.34. The van der Waals surface area contributed by atoms with Crippen molar-refractivity contribution in [2.75, 3.05) is 13.4 Å². The van der Waals surface area contributed by atoms with Gasteiger partial charge in [0.15, 0.2) is 6.79 Å². The number of ether oxygens (including phenoxy) is 2. The van der Waals surface area contributed by atoms with Crippen molar-refractivity contribution >= 4 is 0 Å². The molecule has 0 amide bonds. The topological polar surface area (TPSA) is 44.5 Å². The van der Waals surface area contributed by atoms with E-state index in [-0.39, 0.29) is 6.04 Å². The highest BCUT2D eigenvalue weighted by Gasteiger charge is 2.27. The summed E-state index contributed by atoms with van der Waals surface area (Å²) in [6.45, 7) is 1.90. The molecule has 0 bridgehead atoms. The van der Waals surface area contributed by atoms with Crippen LogP contribution >= 0.6 is 0 Å². The summed E-state index contributed by atoms with van der Waals surface area (Å²) in [7, 11) is 0. The molecule has 0 saturated carbocycles. The minimum atomic E-state index is -4.34. The Hall–Kier alpha value is -1.27. The molecule has 0 aliphatic rings. The van der Waals surface area contributed by atoms with Crippen molar-refractivity contribution < 1.29 is 22.6 Å². The minimum absolute atomic E-state index is 0.0979. The molecule has 0 fully saturated rings. The Kier molecular flexibility index (Phi) is 4.98. The highest BCUT2D eigenvalue weighted by atomic mass is 19.4. The fraction of sp³-hybridized carbons (Fsp3) is 0.500. The third kappa shape index (κ3) is 4.93. The smallest absolute Gasteiger partial charge is 0.411 e. The Morgan fingerprint density at radius 1 is 1.33 bits per heavy atom. The van der Waals surface area contributed by atoms with Crippen LogP contribution < -0.4 is 10.5 Å². The number of aryl methyl sites for hydroxylation is 1. The van der Waals surface area contributed by atoms with Crippen LogP contribution in [0.3, 0.4) is 0 Å².